The van der Waals surface area contributed by atoms with Crippen LogP contribution in [-0.4, -0.2) is 27.5 Å². The molecule has 6 nitrogen and oxygen atoms in total. The third kappa shape index (κ3) is 6.22. The Bertz CT molecular complexity index is 817. The van der Waals surface area contributed by atoms with Crippen LogP contribution in [-0.2, 0) is 23.1 Å². The van der Waals surface area contributed by atoms with E-state index in [9.17, 15) is 8.42 Å². The Morgan fingerprint density at radius 2 is 1.85 bits per heavy atom. The zero-order chi connectivity index (χ0) is 17.7. The highest BCUT2D eigenvalue weighted by molar-refractivity contribution is 14.0. The quantitative estimate of drug-likeness (QED) is 0.307. The van der Waals surface area contributed by atoms with E-state index >= 15 is 0 Å². The molecule has 1 aromatic carbocycles. The van der Waals surface area contributed by atoms with Crippen molar-refractivity contribution in [2.75, 3.05) is 7.05 Å². The average Bonchev–Trinajstić information content (AvgIpc) is 3.25. The SMILES string of the molecule is CN=C(NCc1ccc(S(=O)(=O)NC2CC2)cc1)NCc1cccs1.I. The second kappa shape index (κ2) is 9.67. The first-order chi connectivity index (χ1) is 12.1. The Morgan fingerprint density at radius 3 is 2.42 bits per heavy atom. The molecule has 0 spiro atoms. The highest BCUT2D eigenvalue weighted by atomic mass is 127. The standard InChI is InChI=1S/C17H22N4O2S2.HI/c1-18-17(20-12-15-3-2-10-24-15)19-11-13-4-8-16(9-5-13)25(22,23)21-14-6-7-14;/h2-5,8-10,14,21H,6-7,11-12H2,1H3,(H2,18,19,20);1H. The molecule has 0 amide bonds. The summed E-state index contributed by atoms with van der Waals surface area (Å²) in [6, 6.07) is 11.1. The Balaban J connectivity index is 0.00000243. The van der Waals surface area contributed by atoms with E-state index in [4.69, 9.17) is 0 Å². The van der Waals surface area contributed by atoms with Crippen LogP contribution >= 0.6 is 35.3 Å². The molecule has 142 valence electrons. The van der Waals surface area contributed by atoms with Crippen LogP contribution in [0.2, 0.25) is 0 Å². The predicted molar refractivity (Wildman–Crippen MR) is 117 cm³/mol. The average molecular weight is 506 g/mol. The first kappa shape index (κ1) is 21.1. The summed E-state index contributed by atoms with van der Waals surface area (Å²) in [4.78, 5) is 5.74. The Labute approximate surface area is 175 Å². The molecule has 1 aliphatic carbocycles. The summed E-state index contributed by atoms with van der Waals surface area (Å²) in [6.07, 6.45) is 1.86. The fraction of sp³-hybridized carbons (Fsp3) is 0.353. The molecule has 26 heavy (non-hydrogen) atoms. The van der Waals surface area contributed by atoms with E-state index in [2.05, 4.69) is 26.4 Å². The van der Waals surface area contributed by atoms with Gasteiger partial charge >= 0.3 is 0 Å². The van der Waals surface area contributed by atoms with Gasteiger partial charge in [0.05, 0.1) is 11.4 Å². The van der Waals surface area contributed by atoms with Crippen molar-refractivity contribution in [1.29, 1.82) is 0 Å². The van der Waals surface area contributed by atoms with Crippen LogP contribution in [0.4, 0.5) is 0 Å². The third-order valence-electron chi connectivity index (χ3n) is 3.83. The number of nitrogens with zero attached hydrogens (tertiary/aromatic N) is 1. The fourth-order valence-corrected chi connectivity index (χ4v) is 4.22. The zero-order valence-corrected chi connectivity index (χ0v) is 18.4. The number of nitrogens with one attached hydrogen (secondary N) is 3. The molecule has 0 bridgehead atoms. The van der Waals surface area contributed by atoms with Crippen molar-refractivity contribution in [2.24, 2.45) is 4.99 Å². The van der Waals surface area contributed by atoms with E-state index in [1.807, 2.05) is 23.6 Å². The number of halogens is 1. The van der Waals surface area contributed by atoms with Gasteiger partial charge in [0.25, 0.3) is 0 Å². The van der Waals surface area contributed by atoms with Gasteiger partial charge in [0.2, 0.25) is 10.0 Å². The number of rotatable bonds is 7. The molecule has 9 heteroatoms. The number of hydrogen-bond donors (Lipinski definition) is 3. The van der Waals surface area contributed by atoms with Crippen molar-refractivity contribution in [1.82, 2.24) is 15.4 Å². The van der Waals surface area contributed by atoms with E-state index in [1.54, 1.807) is 30.5 Å². The first-order valence-electron chi connectivity index (χ1n) is 8.15. The lowest BCUT2D eigenvalue weighted by Crippen LogP contribution is -2.36. The number of hydrogen-bond acceptors (Lipinski definition) is 4. The van der Waals surface area contributed by atoms with Crippen LogP contribution in [0, 0.1) is 0 Å². The molecule has 3 rings (SSSR count). The lowest BCUT2D eigenvalue weighted by atomic mass is 10.2. The molecule has 1 saturated carbocycles. The van der Waals surface area contributed by atoms with E-state index in [0.717, 1.165) is 24.9 Å². The van der Waals surface area contributed by atoms with E-state index < -0.39 is 10.0 Å². The predicted octanol–water partition coefficient (Wildman–Crippen LogP) is 2.67. The molecular weight excluding hydrogens is 483 g/mol. The van der Waals surface area contributed by atoms with Gasteiger partial charge in [-0.2, -0.15) is 0 Å². The molecule has 0 unspecified atom stereocenters. The smallest absolute Gasteiger partial charge is 0.240 e. The molecule has 2 aromatic rings. The van der Waals surface area contributed by atoms with E-state index in [-0.39, 0.29) is 30.0 Å². The Morgan fingerprint density at radius 1 is 1.15 bits per heavy atom. The molecule has 0 atom stereocenters. The number of sulfonamides is 1. The number of aliphatic imine (C=N–C) groups is 1. The minimum absolute atomic E-state index is 0. The van der Waals surface area contributed by atoms with Gasteiger partial charge in [-0.05, 0) is 42.0 Å². The molecule has 1 aliphatic rings. The second-order valence-corrected chi connectivity index (χ2v) is 8.64. The van der Waals surface area contributed by atoms with Gasteiger partial charge < -0.3 is 10.6 Å². The summed E-state index contributed by atoms with van der Waals surface area (Å²) in [5.74, 6) is 0.709. The molecule has 1 heterocycles. The van der Waals surface area contributed by atoms with Crippen molar-refractivity contribution >= 4 is 51.3 Å². The topological polar surface area (TPSA) is 82.6 Å². The van der Waals surface area contributed by atoms with Crippen molar-refractivity contribution in [3.8, 4) is 0 Å². The molecule has 3 N–H and O–H groups in total. The molecule has 0 saturated heterocycles. The monoisotopic (exact) mass is 506 g/mol. The molecular formula is C17H23IN4O2S2. The lowest BCUT2D eigenvalue weighted by Gasteiger charge is -2.12. The summed E-state index contributed by atoms with van der Waals surface area (Å²) in [6.45, 7) is 1.29. The van der Waals surface area contributed by atoms with E-state index in [0.29, 0.717) is 17.4 Å². The van der Waals surface area contributed by atoms with Gasteiger partial charge in [-0.3, -0.25) is 4.99 Å². The van der Waals surface area contributed by atoms with Crippen LogP contribution in [0.5, 0.6) is 0 Å². The fourth-order valence-electron chi connectivity index (χ4n) is 2.27. The maximum atomic E-state index is 12.1. The van der Waals surface area contributed by atoms with Crippen LogP contribution < -0.4 is 15.4 Å². The summed E-state index contributed by atoms with van der Waals surface area (Å²) >= 11 is 1.69. The van der Waals surface area contributed by atoms with Crippen LogP contribution in [0.3, 0.4) is 0 Å². The normalized spacial score (nSPS) is 14.6. The van der Waals surface area contributed by atoms with Gasteiger partial charge in [-0.15, -0.1) is 35.3 Å². The largest absolute Gasteiger partial charge is 0.352 e. The highest BCUT2D eigenvalue weighted by Crippen LogP contribution is 2.22. The summed E-state index contributed by atoms with van der Waals surface area (Å²) in [5, 5.41) is 8.52. The van der Waals surface area contributed by atoms with Crippen LogP contribution in [0.15, 0.2) is 51.7 Å². The van der Waals surface area contributed by atoms with Crippen molar-refractivity contribution in [2.45, 2.75) is 36.9 Å². The van der Waals surface area contributed by atoms with Gasteiger partial charge in [-0.25, -0.2) is 13.1 Å². The van der Waals surface area contributed by atoms with Crippen molar-refractivity contribution < 1.29 is 8.42 Å². The second-order valence-electron chi connectivity index (χ2n) is 5.90. The molecule has 0 radical (unpaired) electrons. The van der Waals surface area contributed by atoms with Crippen LogP contribution in [0.1, 0.15) is 23.3 Å². The van der Waals surface area contributed by atoms with Crippen LogP contribution in [0.25, 0.3) is 0 Å². The summed E-state index contributed by atoms with van der Waals surface area (Å²) in [5.41, 5.74) is 0.990. The minimum Gasteiger partial charge on any atom is -0.352 e. The first-order valence-corrected chi connectivity index (χ1v) is 10.5. The Hall–Kier alpha value is -1.17. The molecule has 1 aromatic heterocycles. The minimum atomic E-state index is -3.39. The molecule has 0 aliphatic heterocycles. The van der Waals surface area contributed by atoms with Gasteiger partial charge in [-0.1, -0.05) is 18.2 Å². The maximum absolute atomic E-state index is 12.1. The lowest BCUT2D eigenvalue weighted by molar-refractivity contribution is 0.581. The van der Waals surface area contributed by atoms with Gasteiger partial charge in [0.15, 0.2) is 5.96 Å². The third-order valence-corrected chi connectivity index (χ3v) is 6.24. The maximum Gasteiger partial charge on any atom is 0.240 e. The number of thiophene rings is 1. The Kier molecular flexibility index (Phi) is 7.86. The number of guanidine groups is 1. The van der Waals surface area contributed by atoms with Gasteiger partial charge in [0.1, 0.15) is 0 Å². The number of benzene rings is 1. The highest BCUT2D eigenvalue weighted by Gasteiger charge is 2.27. The van der Waals surface area contributed by atoms with Crippen molar-refractivity contribution in [3.05, 3.63) is 52.2 Å². The van der Waals surface area contributed by atoms with E-state index in [1.165, 1.54) is 4.88 Å². The van der Waals surface area contributed by atoms with Gasteiger partial charge in [0, 0.05) is 24.5 Å². The summed E-state index contributed by atoms with van der Waals surface area (Å²) < 4.78 is 27.0. The zero-order valence-electron chi connectivity index (χ0n) is 14.4. The van der Waals surface area contributed by atoms with Crippen molar-refractivity contribution in [3.63, 3.8) is 0 Å². The summed E-state index contributed by atoms with van der Waals surface area (Å²) in [7, 11) is -1.66. The molecule has 1 fully saturated rings.